The molecule has 0 unspecified atom stereocenters. The van der Waals surface area contributed by atoms with Crippen molar-refractivity contribution in [3.8, 4) is 56.4 Å². The lowest BCUT2D eigenvalue weighted by Crippen LogP contribution is -2.28. The molecule has 0 spiro atoms. The maximum atomic E-state index is 5.41. The Hall–Kier alpha value is -8.01. The van der Waals surface area contributed by atoms with Gasteiger partial charge >= 0.3 is 0 Å². The van der Waals surface area contributed by atoms with Crippen molar-refractivity contribution in [3.05, 3.63) is 247 Å². The molecule has 3 heteroatoms. The number of rotatable bonds is 6. The van der Waals surface area contributed by atoms with Crippen molar-refractivity contribution in [2.45, 2.75) is 5.41 Å². The monoisotopic (exact) mass is 775 g/mol. The zero-order valence-electron chi connectivity index (χ0n) is 33.2. The molecule has 0 atom stereocenters. The molecular formula is C58H37N3. The molecule has 1 aromatic heterocycles. The average Bonchev–Trinajstić information content (AvgIpc) is 3.64. The van der Waals surface area contributed by atoms with E-state index in [4.69, 9.17) is 15.0 Å². The fourth-order valence-corrected chi connectivity index (χ4v) is 9.86. The third kappa shape index (κ3) is 5.55. The predicted octanol–water partition coefficient (Wildman–Crippen LogP) is 14.4. The summed E-state index contributed by atoms with van der Waals surface area (Å²) in [5, 5.41) is 7.00. The van der Waals surface area contributed by atoms with E-state index in [1.807, 2.05) is 0 Å². The highest BCUT2D eigenvalue weighted by atomic mass is 15.0. The van der Waals surface area contributed by atoms with E-state index in [9.17, 15) is 0 Å². The fraction of sp³-hybridized carbons (Fsp3) is 0.0172. The van der Waals surface area contributed by atoms with Crippen molar-refractivity contribution in [3.63, 3.8) is 0 Å². The topological polar surface area (TPSA) is 38.7 Å². The van der Waals surface area contributed by atoms with E-state index in [0.717, 1.165) is 32.8 Å². The van der Waals surface area contributed by atoms with Crippen LogP contribution in [-0.2, 0) is 5.41 Å². The lowest BCUT2D eigenvalue weighted by atomic mass is 9.67. The molecule has 0 aliphatic heterocycles. The van der Waals surface area contributed by atoms with E-state index in [1.54, 1.807) is 0 Å². The normalized spacial score (nSPS) is 12.7. The van der Waals surface area contributed by atoms with Gasteiger partial charge in [0.05, 0.1) is 5.41 Å². The smallest absolute Gasteiger partial charge is 0.164 e. The molecule has 1 aliphatic carbocycles. The molecule has 12 rings (SSSR count). The van der Waals surface area contributed by atoms with Gasteiger partial charge in [-0.25, -0.2) is 15.0 Å². The predicted molar refractivity (Wildman–Crippen MR) is 251 cm³/mol. The van der Waals surface area contributed by atoms with Crippen LogP contribution in [0.3, 0.4) is 0 Å². The van der Waals surface area contributed by atoms with Gasteiger partial charge in [-0.1, -0.05) is 206 Å². The molecule has 0 radical (unpaired) electrons. The van der Waals surface area contributed by atoms with E-state index < -0.39 is 5.41 Å². The molecular weight excluding hydrogens is 739 g/mol. The van der Waals surface area contributed by atoms with Crippen molar-refractivity contribution < 1.29 is 0 Å². The summed E-state index contributed by atoms with van der Waals surface area (Å²) in [6.45, 7) is 0. The third-order valence-electron chi connectivity index (χ3n) is 12.6. The summed E-state index contributed by atoms with van der Waals surface area (Å²) in [5.41, 5.74) is 12.0. The van der Waals surface area contributed by atoms with Gasteiger partial charge in [0.2, 0.25) is 0 Å². The quantitative estimate of drug-likeness (QED) is 0.169. The first-order valence-corrected chi connectivity index (χ1v) is 20.9. The summed E-state index contributed by atoms with van der Waals surface area (Å²) in [6, 6.07) is 80.6. The van der Waals surface area contributed by atoms with Crippen LogP contribution in [0.5, 0.6) is 0 Å². The summed E-state index contributed by atoms with van der Waals surface area (Å²) in [5.74, 6) is 1.90. The molecule has 10 aromatic carbocycles. The Morgan fingerprint density at radius 2 is 0.738 bits per heavy atom. The second kappa shape index (κ2) is 14.1. The lowest BCUT2D eigenvalue weighted by molar-refractivity contribution is 0.768. The van der Waals surface area contributed by atoms with E-state index in [0.29, 0.717) is 17.5 Å². The number of hydrogen-bond acceptors (Lipinski definition) is 3. The van der Waals surface area contributed by atoms with Gasteiger partial charge in [-0.05, 0) is 95.0 Å². The minimum absolute atomic E-state index is 0.546. The Morgan fingerprint density at radius 3 is 1.49 bits per heavy atom. The third-order valence-corrected chi connectivity index (χ3v) is 12.6. The van der Waals surface area contributed by atoms with Crippen molar-refractivity contribution >= 4 is 32.3 Å². The number of aromatic nitrogens is 3. The molecule has 0 N–H and O–H groups in total. The molecule has 0 saturated heterocycles. The Kier molecular flexibility index (Phi) is 8.07. The van der Waals surface area contributed by atoms with Gasteiger partial charge in [0.25, 0.3) is 0 Å². The van der Waals surface area contributed by atoms with Crippen molar-refractivity contribution in [2.24, 2.45) is 0 Å². The van der Waals surface area contributed by atoms with Crippen LogP contribution in [0, 0.1) is 0 Å². The minimum Gasteiger partial charge on any atom is -0.208 e. The molecule has 61 heavy (non-hydrogen) atoms. The van der Waals surface area contributed by atoms with E-state index >= 15 is 0 Å². The van der Waals surface area contributed by atoms with Gasteiger partial charge in [-0.2, -0.15) is 0 Å². The molecule has 11 aromatic rings. The van der Waals surface area contributed by atoms with Gasteiger partial charge in [-0.15, -0.1) is 0 Å². The molecule has 1 heterocycles. The van der Waals surface area contributed by atoms with E-state index in [1.165, 1.54) is 60.7 Å². The van der Waals surface area contributed by atoms with Gasteiger partial charge in [0.15, 0.2) is 17.5 Å². The first-order chi connectivity index (χ1) is 30.2. The largest absolute Gasteiger partial charge is 0.208 e. The standard InChI is InChI=1S/C58H37N3/c1-3-20-43(21-4-1)58(44-22-5-2-6-23-44)53-29-14-13-27-50(53)51-33-32-42(37-54(51)58)56-59-55(41-31-30-38-16-7-8-18-40(38)36-41)60-57(61-56)52-35-34-49(47-25-11-12-26-48(47)52)46-28-15-19-39-17-9-10-24-45(39)46/h1-37H. The molecule has 0 bridgehead atoms. The Balaban J connectivity index is 1.10. The highest BCUT2D eigenvalue weighted by Crippen LogP contribution is 2.56. The first kappa shape index (κ1) is 35.0. The fourth-order valence-electron chi connectivity index (χ4n) is 9.86. The van der Waals surface area contributed by atoms with E-state index in [2.05, 4.69) is 224 Å². The molecule has 284 valence electrons. The van der Waals surface area contributed by atoms with Crippen LogP contribution in [0.2, 0.25) is 0 Å². The van der Waals surface area contributed by atoms with Crippen molar-refractivity contribution in [1.82, 2.24) is 15.0 Å². The van der Waals surface area contributed by atoms with Crippen LogP contribution < -0.4 is 0 Å². The van der Waals surface area contributed by atoms with Gasteiger partial charge in [0.1, 0.15) is 0 Å². The number of fused-ring (bicyclic) bond motifs is 6. The highest BCUT2D eigenvalue weighted by Gasteiger charge is 2.46. The zero-order chi connectivity index (χ0) is 40.3. The van der Waals surface area contributed by atoms with Crippen LogP contribution in [0.4, 0.5) is 0 Å². The lowest BCUT2D eigenvalue weighted by Gasteiger charge is -2.34. The SMILES string of the molecule is c1ccc(C2(c3ccccc3)c3ccccc3-c3ccc(-c4nc(-c5ccc6ccccc6c5)nc(-c5ccc(-c6cccc7ccccc67)c6ccccc56)n4)cc32)cc1. The summed E-state index contributed by atoms with van der Waals surface area (Å²) >= 11 is 0. The molecule has 0 amide bonds. The van der Waals surface area contributed by atoms with Crippen LogP contribution in [0.1, 0.15) is 22.3 Å². The van der Waals surface area contributed by atoms with Crippen molar-refractivity contribution in [1.29, 1.82) is 0 Å². The molecule has 3 nitrogen and oxygen atoms in total. The highest BCUT2D eigenvalue weighted by molar-refractivity contribution is 6.09. The Labute approximate surface area is 354 Å². The van der Waals surface area contributed by atoms with Crippen molar-refractivity contribution in [2.75, 3.05) is 0 Å². The molecule has 0 saturated carbocycles. The van der Waals surface area contributed by atoms with Crippen LogP contribution >= 0.6 is 0 Å². The first-order valence-electron chi connectivity index (χ1n) is 20.9. The van der Waals surface area contributed by atoms with Gasteiger partial charge < -0.3 is 0 Å². The molecule has 1 aliphatic rings. The number of benzene rings is 10. The summed E-state index contributed by atoms with van der Waals surface area (Å²) < 4.78 is 0. The summed E-state index contributed by atoms with van der Waals surface area (Å²) in [4.78, 5) is 16.1. The van der Waals surface area contributed by atoms with Crippen LogP contribution in [0.15, 0.2) is 224 Å². The van der Waals surface area contributed by atoms with Crippen LogP contribution in [-0.4, -0.2) is 15.0 Å². The Bertz CT molecular complexity index is 3440. The number of hydrogen-bond donors (Lipinski definition) is 0. The summed E-state index contributed by atoms with van der Waals surface area (Å²) in [7, 11) is 0. The minimum atomic E-state index is -0.546. The van der Waals surface area contributed by atoms with E-state index in [-0.39, 0.29) is 0 Å². The van der Waals surface area contributed by atoms with Gasteiger partial charge in [0, 0.05) is 16.7 Å². The molecule has 0 fully saturated rings. The maximum Gasteiger partial charge on any atom is 0.164 e. The average molecular weight is 776 g/mol. The zero-order valence-corrected chi connectivity index (χ0v) is 33.2. The second-order valence-corrected chi connectivity index (χ2v) is 15.9. The number of nitrogens with zero attached hydrogens (tertiary/aromatic N) is 3. The van der Waals surface area contributed by atoms with Crippen LogP contribution in [0.25, 0.3) is 88.7 Å². The van der Waals surface area contributed by atoms with Gasteiger partial charge in [-0.3, -0.25) is 0 Å². The Morgan fingerprint density at radius 1 is 0.262 bits per heavy atom. The second-order valence-electron chi connectivity index (χ2n) is 15.9. The maximum absolute atomic E-state index is 5.41. The summed E-state index contributed by atoms with van der Waals surface area (Å²) in [6.07, 6.45) is 0.